The molecule has 0 saturated heterocycles. The fraction of sp³-hybridized carbons (Fsp3) is 0.636. The molecule has 0 aliphatic carbocycles. The Morgan fingerprint density at radius 1 is 1.47 bits per heavy atom. The molecule has 0 aromatic carbocycles. The molecule has 17 heavy (non-hydrogen) atoms. The van der Waals surface area contributed by atoms with E-state index in [0.29, 0.717) is 5.82 Å². The van der Waals surface area contributed by atoms with Crippen LogP contribution in [0.25, 0.3) is 0 Å². The first-order valence-corrected chi connectivity index (χ1v) is 6.28. The van der Waals surface area contributed by atoms with Crippen LogP contribution in [0.5, 0.6) is 0 Å². The van der Waals surface area contributed by atoms with Crippen LogP contribution in [0.1, 0.15) is 33.3 Å². The summed E-state index contributed by atoms with van der Waals surface area (Å²) >= 11 is 1.27. The fourth-order valence-electron chi connectivity index (χ4n) is 1.22. The molecular formula is C11H20N4OS. The SMILES string of the molecule is Cc1c(N)nsc1NC(C)C(=O)NC(C)(C)C. The van der Waals surface area contributed by atoms with Crippen molar-refractivity contribution in [1.82, 2.24) is 9.69 Å². The lowest BCUT2D eigenvalue weighted by atomic mass is 10.1. The van der Waals surface area contributed by atoms with E-state index in [1.165, 1.54) is 11.5 Å². The molecule has 4 N–H and O–H groups in total. The van der Waals surface area contributed by atoms with Crippen molar-refractivity contribution < 1.29 is 4.79 Å². The van der Waals surface area contributed by atoms with Crippen LogP contribution in [0.3, 0.4) is 0 Å². The van der Waals surface area contributed by atoms with Crippen LogP contribution in [0, 0.1) is 6.92 Å². The van der Waals surface area contributed by atoms with Gasteiger partial charge in [-0.25, -0.2) is 0 Å². The van der Waals surface area contributed by atoms with Crippen molar-refractivity contribution in [1.29, 1.82) is 0 Å². The first-order valence-electron chi connectivity index (χ1n) is 5.51. The van der Waals surface area contributed by atoms with E-state index in [1.54, 1.807) is 0 Å². The van der Waals surface area contributed by atoms with Crippen molar-refractivity contribution in [2.24, 2.45) is 0 Å². The van der Waals surface area contributed by atoms with Gasteiger partial charge in [-0.3, -0.25) is 4.79 Å². The van der Waals surface area contributed by atoms with Crippen LogP contribution in [0.2, 0.25) is 0 Å². The van der Waals surface area contributed by atoms with Crippen LogP contribution in [0.4, 0.5) is 10.8 Å². The van der Waals surface area contributed by atoms with Gasteiger partial charge in [0.2, 0.25) is 5.91 Å². The zero-order chi connectivity index (χ0) is 13.2. The largest absolute Gasteiger partial charge is 0.383 e. The van der Waals surface area contributed by atoms with E-state index in [2.05, 4.69) is 15.0 Å². The minimum absolute atomic E-state index is 0.0381. The van der Waals surface area contributed by atoms with Crippen LogP contribution < -0.4 is 16.4 Å². The molecule has 6 heteroatoms. The Labute approximate surface area is 106 Å². The van der Waals surface area contributed by atoms with Gasteiger partial charge in [-0.1, -0.05) is 0 Å². The van der Waals surface area contributed by atoms with E-state index in [4.69, 9.17) is 5.73 Å². The van der Waals surface area contributed by atoms with Crippen LogP contribution in [-0.2, 0) is 4.79 Å². The third kappa shape index (κ3) is 3.89. The number of carbonyl (C=O) groups excluding carboxylic acids is 1. The number of aromatic nitrogens is 1. The van der Waals surface area contributed by atoms with Gasteiger partial charge in [0.25, 0.3) is 0 Å². The highest BCUT2D eigenvalue weighted by molar-refractivity contribution is 7.10. The van der Waals surface area contributed by atoms with Gasteiger partial charge in [0, 0.05) is 11.1 Å². The van der Waals surface area contributed by atoms with Crippen molar-refractivity contribution in [2.75, 3.05) is 11.1 Å². The smallest absolute Gasteiger partial charge is 0.242 e. The van der Waals surface area contributed by atoms with E-state index in [1.807, 2.05) is 34.6 Å². The Morgan fingerprint density at radius 3 is 2.47 bits per heavy atom. The Kier molecular flexibility index (Phi) is 3.98. The third-order valence-electron chi connectivity index (χ3n) is 2.20. The second kappa shape index (κ2) is 4.91. The molecule has 1 unspecified atom stereocenters. The zero-order valence-corrected chi connectivity index (χ0v) is 11.7. The van der Waals surface area contributed by atoms with Crippen molar-refractivity contribution in [3.8, 4) is 0 Å². The summed E-state index contributed by atoms with van der Waals surface area (Å²) in [6, 6.07) is -0.312. The van der Waals surface area contributed by atoms with Crippen LogP contribution in [0.15, 0.2) is 0 Å². The fourth-order valence-corrected chi connectivity index (χ4v) is 2.02. The van der Waals surface area contributed by atoms with Crippen molar-refractivity contribution in [3.63, 3.8) is 0 Å². The number of hydrogen-bond donors (Lipinski definition) is 3. The highest BCUT2D eigenvalue weighted by atomic mass is 32.1. The zero-order valence-electron chi connectivity index (χ0n) is 10.9. The second-order valence-electron chi connectivity index (χ2n) is 5.13. The van der Waals surface area contributed by atoms with Gasteiger partial charge in [0.15, 0.2) is 0 Å². The average molecular weight is 256 g/mol. The van der Waals surface area contributed by atoms with E-state index >= 15 is 0 Å². The molecule has 0 radical (unpaired) electrons. The summed E-state index contributed by atoms with van der Waals surface area (Å²) in [7, 11) is 0. The Bertz CT molecular complexity index is 408. The van der Waals surface area contributed by atoms with Crippen molar-refractivity contribution in [3.05, 3.63) is 5.56 Å². The molecule has 1 aromatic heterocycles. The predicted octanol–water partition coefficient (Wildman–Crippen LogP) is 1.75. The Morgan fingerprint density at radius 2 is 2.06 bits per heavy atom. The van der Waals surface area contributed by atoms with E-state index in [0.717, 1.165) is 10.6 Å². The normalized spacial score (nSPS) is 13.2. The summed E-state index contributed by atoms with van der Waals surface area (Å²) < 4.78 is 4.03. The number of nitrogens with zero attached hydrogens (tertiary/aromatic N) is 1. The first-order chi connectivity index (χ1) is 7.70. The second-order valence-corrected chi connectivity index (χ2v) is 5.90. The van der Waals surface area contributed by atoms with Crippen molar-refractivity contribution >= 4 is 28.3 Å². The number of amides is 1. The molecule has 0 aliphatic rings. The van der Waals surface area contributed by atoms with Gasteiger partial charge >= 0.3 is 0 Å². The molecule has 96 valence electrons. The van der Waals surface area contributed by atoms with Crippen LogP contribution >= 0.6 is 11.5 Å². The van der Waals surface area contributed by atoms with Crippen LogP contribution in [-0.4, -0.2) is 21.9 Å². The van der Waals surface area contributed by atoms with Gasteiger partial charge in [0.05, 0.1) is 0 Å². The van der Waals surface area contributed by atoms with Crippen molar-refractivity contribution in [2.45, 2.75) is 46.2 Å². The summed E-state index contributed by atoms with van der Waals surface area (Å²) in [4.78, 5) is 11.9. The summed E-state index contributed by atoms with van der Waals surface area (Å²) in [6.07, 6.45) is 0. The highest BCUT2D eigenvalue weighted by Gasteiger charge is 2.20. The number of rotatable bonds is 3. The number of carbonyl (C=O) groups is 1. The molecule has 1 amide bonds. The summed E-state index contributed by atoms with van der Waals surface area (Å²) in [5, 5.41) is 6.88. The quantitative estimate of drug-likeness (QED) is 0.769. The van der Waals surface area contributed by atoms with E-state index < -0.39 is 0 Å². The standard InChI is InChI=1S/C11H20N4OS/c1-6-8(12)15-17-10(6)13-7(2)9(16)14-11(3,4)5/h7,13H,1-5H3,(H2,12,15)(H,14,16). The number of hydrogen-bond acceptors (Lipinski definition) is 5. The average Bonchev–Trinajstić information content (AvgIpc) is 2.47. The van der Waals surface area contributed by atoms with Gasteiger partial charge in [-0.05, 0) is 46.2 Å². The topological polar surface area (TPSA) is 80.0 Å². The molecular weight excluding hydrogens is 236 g/mol. The monoisotopic (exact) mass is 256 g/mol. The Hall–Kier alpha value is -1.30. The summed E-state index contributed by atoms with van der Waals surface area (Å²) in [6.45, 7) is 9.56. The molecule has 0 aliphatic heterocycles. The minimum atomic E-state index is -0.312. The van der Waals surface area contributed by atoms with Gasteiger partial charge in [-0.2, -0.15) is 4.37 Å². The molecule has 1 rings (SSSR count). The number of nitrogen functional groups attached to an aromatic ring is 1. The summed E-state index contributed by atoms with van der Waals surface area (Å²) in [5.41, 5.74) is 6.32. The first kappa shape index (κ1) is 13.8. The molecule has 0 saturated carbocycles. The number of anilines is 2. The van der Waals surface area contributed by atoms with E-state index in [-0.39, 0.29) is 17.5 Å². The highest BCUT2D eigenvalue weighted by Crippen LogP contribution is 2.25. The maximum Gasteiger partial charge on any atom is 0.242 e. The minimum Gasteiger partial charge on any atom is -0.383 e. The lowest BCUT2D eigenvalue weighted by Crippen LogP contribution is -2.47. The van der Waals surface area contributed by atoms with Gasteiger partial charge in [0.1, 0.15) is 16.9 Å². The lowest BCUT2D eigenvalue weighted by molar-refractivity contribution is -0.122. The van der Waals surface area contributed by atoms with Gasteiger partial charge in [-0.15, -0.1) is 0 Å². The summed E-state index contributed by atoms with van der Waals surface area (Å²) in [5.74, 6) is 0.477. The molecule has 5 nitrogen and oxygen atoms in total. The maximum absolute atomic E-state index is 11.9. The molecule has 1 heterocycles. The molecule has 0 fully saturated rings. The Balaban J connectivity index is 2.63. The molecule has 1 atom stereocenters. The lowest BCUT2D eigenvalue weighted by Gasteiger charge is -2.23. The number of nitrogens with one attached hydrogen (secondary N) is 2. The molecule has 0 bridgehead atoms. The van der Waals surface area contributed by atoms with Gasteiger partial charge < -0.3 is 16.4 Å². The molecule has 0 spiro atoms. The molecule has 1 aromatic rings. The predicted molar refractivity (Wildman–Crippen MR) is 72.2 cm³/mol. The maximum atomic E-state index is 11.9. The number of nitrogens with two attached hydrogens (primary N) is 1. The third-order valence-corrected chi connectivity index (χ3v) is 3.09. The van der Waals surface area contributed by atoms with E-state index in [9.17, 15) is 4.79 Å².